The van der Waals surface area contributed by atoms with E-state index < -0.39 is 0 Å². The van der Waals surface area contributed by atoms with E-state index in [-0.39, 0.29) is 0 Å². The normalized spacial score (nSPS) is 39.5. The zero-order valence-electron chi connectivity index (χ0n) is 12.1. The predicted octanol–water partition coefficient (Wildman–Crippen LogP) is 2.98. The molecule has 104 valence electrons. The Kier molecular flexibility index (Phi) is 4.25. The van der Waals surface area contributed by atoms with E-state index in [1.165, 1.54) is 77.7 Å². The highest BCUT2D eigenvalue weighted by atomic mass is 15.3. The van der Waals surface area contributed by atoms with E-state index >= 15 is 0 Å². The summed E-state index contributed by atoms with van der Waals surface area (Å²) >= 11 is 0. The Hall–Kier alpha value is -0.0800. The second-order valence-electron chi connectivity index (χ2n) is 7.07. The van der Waals surface area contributed by atoms with Crippen LogP contribution in [0.2, 0.25) is 0 Å². The van der Waals surface area contributed by atoms with Gasteiger partial charge in [-0.05, 0) is 44.1 Å². The minimum Gasteiger partial charge on any atom is -0.300 e. The van der Waals surface area contributed by atoms with Crippen LogP contribution >= 0.6 is 0 Å². The molecule has 3 rings (SSSR count). The molecule has 0 N–H and O–H groups in total. The van der Waals surface area contributed by atoms with Crippen LogP contribution in [0.1, 0.15) is 51.9 Å². The molecule has 0 radical (unpaired) electrons. The minimum atomic E-state index is 0.898. The first-order valence-corrected chi connectivity index (χ1v) is 8.27. The zero-order valence-corrected chi connectivity index (χ0v) is 12.1. The van der Waals surface area contributed by atoms with Crippen LogP contribution in [0, 0.1) is 11.8 Å². The fraction of sp³-hybridized carbons (Fsp3) is 1.00. The Morgan fingerprint density at radius 1 is 0.889 bits per heavy atom. The molecule has 2 aliphatic heterocycles. The van der Waals surface area contributed by atoms with Crippen LogP contribution in [0.15, 0.2) is 0 Å². The fourth-order valence-electron chi connectivity index (χ4n) is 4.26. The summed E-state index contributed by atoms with van der Waals surface area (Å²) in [4.78, 5) is 5.54. The average molecular weight is 250 g/mol. The highest BCUT2D eigenvalue weighted by Crippen LogP contribution is 2.30. The smallest absolute Gasteiger partial charge is 0.0223 e. The van der Waals surface area contributed by atoms with Crippen molar-refractivity contribution in [2.75, 3.05) is 32.7 Å². The third-order valence-corrected chi connectivity index (χ3v) is 5.57. The van der Waals surface area contributed by atoms with E-state index in [0.29, 0.717) is 0 Å². The van der Waals surface area contributed by atoms with Gasteiger partial charge in [-0.15, -0.1) is 0 Å². The molecule has 2 saturated heterocycles. The molecule has 0 bridgehead atoms. The quantitative estimate of drug-likeness (QED) is 0.743. The number of fused-ring (bicyclic) bond motifs is 1. The van der Waals surface area contributed by atoms with Crippen molar-refractivity contribution < 1.29 is 0 Å². The van der Waals surface area contributed by atoms with Crippen LogP contribution in [0.25, 0.3) is 0 Å². The van der Waals surface area contributed by atoms with Gasteiger partial charge in [0.25, 0.3) is 0 Å². The predicted molar refractivity (Wildman–Crippen MR) is 76.8 cm³/mol. The lowest BCUT2D eigenvalue weighted by Gasteiger charge is -2.45. The van der Waals surface area contributed by atoms with E-state index in [4.69, 9.17) is 0 Å². The van der Waals surface area contributed by atoms with E-state index in [1.807, 2.05) is 0 Å². The topological polar surface area (TPSA) is 6.48 Å². The molecular formula is C16H30N2. The maximum absolute atomic E-state index is 2.78. The van der Waals surface area contributed by atoms with Gasteiger partial charge >= 0.3 is 0 Å². The van der Waals surface area contributed by atoms with Gasteiger partial charge < -0.3 is 4.90 Å². The van der Waals surface area contributed by atoms with Crippen LogP contribution in [0.4, 0.5) is 0 Å². The molecule has 1 aliphatic carbocycles. The molecule has 2 heteroatoms. The second kappa shape index (κ2) is 5.92. The Morgan fingerprint density at radius 3 is 2.56 bits per heavy atom. The van der Waals surface area contributed by atoms with Crippen molar-refractivity contribution in [3.8, 4) is 0 Å². The summed E-state index contributed by atoms with van der Waals surface area (Å²) in [7, 11) is 0. The summed E-state index contributed by atoms with van der Waals surface area (Å²) in [6.45, 7) is 9.25. The molecule has 0 aromatic carbocycles. The van der Waals surface area contributed by atoms with Gasteiger partial charge in [0, 0.05) is 32.2 Å². The number of hydrogen-bond acceptors (Lipinski definition) is 2. The molecule has 1 atom stereocenters. The Labute approximate surface area is 113 Å². The van der Waals surface area contributed by atoms with Gasteiger partial charge in [-0.2, -0.15) is 0 Å². The lowest BCUT2D eigenvalue weighted by atomic mass is 9.82. The summed E-state index contributed by atoms with van der Waals surface area (Å²) in [6.07, 6.45) is 10.3. The van der Waals surface area contributed by atoms with Crippen LogP contribution in [0.5, 0.6) is 0 Å². The Bertz CT molecular complexity index is 258. The highest BCUT2D eigenvalue weighted by molar-refractivity contribution is 4.86. The van der Waals surface area contributed by atoms with Crippen molar-refractivity contribution in [3.63, 3.8) is 0 Å². The second-order valence-corrected chi connectivity index (χ2v) is 7.07. The SMILES string of the molecule is CC1CCC(CN2CCN3CCCCC3C2)CC1. The number of hydrogen-bond donors (Lipinski definition) is 0. The van der Waals surface area contributed by atoms with E-state index in [1.54, 1.807) is 0 Å². The molecule has 3 fully saturated rings. The lowest BCUT2D eigenvalue weighted by Crippen LogP contribution is -2.55. The molecule has 3 aliphatic rings. The average Bonchev–Trinajstić information content (AvgIpc) is 2.41. The fourth-order valence-corrected chi connectivity index (χ4v) is 4.26. The summed E-state index contributed by atoms with van der Waals surface area (Å²) in [5.41, 5.74) is 0. The molecule has 0 aromatic heterocycles. The molecule has 18 heavy (non-hydrogen) atoms. The van der Waals surface area contributed by atoms with Gasteiger partial charge in [0.1, 0.15) is 0 Å². The maximum Gasteiger partial charge on any atom is 0.0223 e. The van der Waals surface area contributed by atoms with E-state index in [0.717, 1.165) is 17.9 Å². The third-order valence-electron chi connectivity index (χ3n) is 5.57. The van der Waals surface area contributed by atoms with E-state index in [2.05, 4.69) is 16.7 Å². The molecule has 1 saturated carbocycles. The molecular weight excluding hydrogens is 220 g/mol. The van der Waals surface area contributed by atoms with Crippen molar-refractivity contribution >= 4 is 0 Å². The van der Waals surface area contributed by atoms with Crippen LogP contribution in [0.3, 0.4) is 0 Å². The maximum atomic E-state index is 2.78. The molecule has 2 heterocycles. The number of piperazine rings is 1. The minimum absolute atomic E-state index is 0.898. The summed E-state index contributed by atoms with van der Waals surface area (Å²) in [5.74, 6) is 2.01. The van der Waals surface area contributed by atoms with Gasteiger partial charge in [-0.1, -0.05) is 26.2 Å². The molecule has 0 spiro atoms. The first kappa shape index (κ1) is 12.9. The molecule has 0 aromatic rings. The Morgan fingerprint density at radius 2 is 1.72 bits per heavy atom. The summed E-state index contributed by atoms with van der Waals surface area (Å²) < 4.78 is 0. The summed E-state index contributed by atoms with van der Waals surface area (Å²) in [6, 6.07) is 0.898. The van der Waals surface area contributed by atoms with Crippen molar-refractivity contribution in [1.29, 1.82) is 0 Å². The van der Waals surface area contributed by atoms with E-state index in [9.17, 15) is 0 Å². The van der Waals surface area contributed by atoms with Crippen LogP contribution < -0.4 is 0 Å². The molecule has 2 nitrogen and oxygen atoms in total. The van der Waals surface area contributed by atoms with Crippen LogP contribution in [-0.2, 0) is 0 Å². The van der Waals surface area contributed by atoms with Crippen molar-refractivity contribution in [1.82, 2.24) is 9.80 Å². The highest BCUT2D eigenvalue weighted by Gasteiger charge is 2.30. The van der Waals surface area contributed by atoms with Crippen molar-refractivity contribution in [2.45, 2.75) is 57.9 Å². The molecule has 0 amide bonds. The Balaban J connectivity index is 1.46. The number of nitrogens with zero attached hydrogens (tertiary/aromatic N) is 2. The number of piperidine rings is 1. The van der Waals surface area contributed by atoms with Crippen molar-refractivity contribution in [2.24, 2.45) is 11.8 Å². The van der Waals surface area contributed by atoms with Gasteiger partial charge in [0.15, 0.2) is 0 Å². The molecule has 1 unspecified atom stereocenters. The van der Waals surface area contributed by atoms with Gasteiger partial charge in [0.2, 0.25) is 0 Å². The van der Waals surface area contributed by atoms with Gasteiger partial charge in [-0.3, -0.25) is 4.90 Å². The lowest BCUT2D eigenvalue weighted by molar-refractivity contribution is 0.0373. The summed E-state index contributed by atoms with van der Waals surface area (Å²) in [5, 5.41) is 0. The van der Waals surface area contributed by atoms with Crippen LogP contribution in [-0.4, -0.2) is 48.6 Å². The first-order valence-electron chi connectivity index (χ1n) is 8.27. The van der Waals surface area contributed by atoms with Gasteiger partial charge in [0.05, 0.1) is 0 Å². The van der Waals surface area contributed by atoms with Gasteiger partial charge in [-0.25, -0.2) is 0 Å². The standard InChI is InChI=1S/C16H30N2/c1-14-5-7-15(8-6-14)12-17-10-11-18-9-3-2-4-16(18)13-17/h14-16H,2-13H2,1H3. The van der Waals surface area contributed by atoms with Crippen molar-refractivity contribution in [3.05, 3.63) is 0 Å². The third kappa shape index (κ3) is 3.08. The monoisotopic (exact) mass is 250 g/mol. The zero-order chi connectivity index (χ0) is 12.4. The first-order chi connectivity index (χ1) is 8.81. The largest absolute Gasteiger partial charge is 0.300 e. The number of rotatable bonds is 2.